The van der Waals surface area contributed by atoms with Crippen LogP contribution in [-0.2, 0) is 6.42 Å². The third-order valence-corrected chi connectivity index (χ3v) is 5.91. The van der Waals surface area contributed by atoms with Crippen molar-refractivity contribution in [3.8, 4) is 0 Å². The molecule has 2 aromatic heterocycles. The average molecular weight is 301 g/mol. The fourth-order valence-corrected chi connectivity index (χ4v) is 4.51. The molecule has 104 valence electrons. The number of benzene rings is 1. The summed E-state index contributed by atoms with van der Waals surface area (Å²) in [5.74, 6) is 0. The standard InChI is InChI=1S/C17H19NS2/c1-12-15-5-3-4-6-16(15)20-17(12)13(2)18-9-7-14-8-10-19-11-14/h3-6,8,10-11,13,18H,7,9H2,1-2H3. The van der Waals surface area contributed by atoms with E-state index in [1.807, 2.05) is 11.3 Å². The molecule has 0 radical (unpaired) electrons. The van der Waals surface area contributed by atoms with E-state index in [4.69, 9.17) is 0 Å². The summed E-state index contributed by atoms with van der Waals surface area (Å²) in [6, 6.07) is 11.3. The van der Waals surface area contributed by atoms with Crippen molar-refractivity contribution in [1.29, 1.82) is 0 Å². The summed E-state index contributed by atoms with van der Waals surface area (Å²) in [4.78, 5) is 1.47. The highest BCUT2D eigenvalue weighted by Gasteiger charge is 2.13. The lowest BCUT2D eigenvalue weighted by Crippen LogP contribution is -2.20. The molecule has 0 aliphatic heterocycles. The molecule has 1 N–H and O–H groups in total. The number of hydrogen-bond acceptors (Lipinski definition) is 3. The minimum absolute atomic E-state index is 0.422. The number of hydrogen-bond donors (Lipinski definition) is 1. The Morgan fingerprint density at radius 3 is 2.80 bits per heavy atom. The van der Waals surface area contributed by atoms with Crippen LogP contribution in [0.1, 0.15) is 29.0 Å². The van der Waals surface area contributed by atoms with Crippen LogP contribution in [-0.4, -0.2) is 6.54 Å². The van der Waals surface area contributed by atoms with Gasteiger partial charge in [-0.2, -0.15) is 11.3 Å². The lowest BCUT2D eigenvalue weighted by atomic mass is 10.1. The minimum Gasteiger partial charge on any atom is -0.309 e. The van der Waals surface area contributed by atoms with E-state index in [1.54, 1.807) is 11.3 Å². The fraction of sp³-hybridized carbons (Fsp3) is 0.294. The maximum atomic E-state index is 3.65. The summed E-state index contributed by atoms with van der Waals surface area (Å²) in [5.41, 5.74) is 2.86. The highest BCUT2D eigenvalue weighted by molar-refractivity contribution is 7.19. The molecule has 3 aromatic rings. The van der Waals surface area contributed by atoms with Gasteiger partial charge in [0.15, 0.2) is 0 Å². The quantitative estimate of drug-likeness (QED) is 0.686. The minimum atomic E-state index is 0.422. The molecule has 0 amide bonds. The Hall–Kier alpha value is -1.16. The van der Waals surface area contributed by atoms with Gasteiger partial charge in [-0.15, -0.1) is 11.3 Å². The van der Waals surface area contributed by atoms with Gasteiger partial charge in [0.2, 0.25) is 0 Å². The fourth-order valence-electron chi connectivity index (χ4n) is 2.57. The molecule has 2 heterocycles. The van der Waals surface area contributed by atoms with Gasteiger partial charge in [0.05, 0.1) is 0 Å². The smallest absolute Gasteiger partial charge is 0.0389 e. The van der Waals surface area contributed by atoms with Crippen LogP contribution in [0.15, 0.2) is 41.1 Å². The van der Waals surface area contributed by atoms with Gasteiger partial charge >= 0.3 is 0 Å². The number of aryl methyl sites for hydroxylation is 1. The van der Waals surface area contributed by atoms with E-state index >= 15 is 0 Å². The first kappa shape index (κ1) is 13.8. The molecule has 0 aliphatic rings. The van der Waals surface area contributed by atoms with E-state index in [1.165, 1.54) is 26.1 Å². The molecule has 0 bridgehead atoms. The van der Waals surface area contributed by atoms with Crippen LogP contribution in [0, 0.1) is 6.92 Å². The normalized spacial score (nSPS) is 12.9. The first-order valence-electron chi connectivity index (χ1n) is 6.98. The summed E-state index contributed by atoms with van der Waals surface area (Å²) < 4.78 is 1.39. The van der Waals surface area contributed by atoms with Crippen LogP contribution in [0.25, 0.3) is 10.1 Å². The number of rotatable bonds is 5. The van der Waals surface area contributed by atoms with Crippen molar-refractivity contribution < 1.29 is 0 Å². The van der Waals surface area contributed by atoms with E-state index in [-0.39, 0.29) is 0 Å². The predicted molar refractivity (Wildman–Crippen MR) is 91.0 cm³/mol. The second-order valence-corrected chi connectivity index (χ2v) is 7.01. The molecule has 1 atom stereocenters. The van der Waals surface area contributed by atoms with Crippen LogP contribution < -0.4 is 5.32 Å². The molecule has 0 spiro atoms. The van der Waals surface area contributed by atoms with Gasteiger partial charge in [0, 0.05) is 15.6 Å². The lowest BCUT2D eigenvalue weighted by Gasteiger charge is -2.13. The van der Waals surface area contributed by atoms with Crippen molar-refractivity contribution in [2.45, 2.75) is 26.3 Å². The van der Waals surface area contributed by atoms with Gasteiger partial charge in [0.1, 0.15) is 0 Å². The van der Waals surface area contributed by atoms with Crippen molar-refractivity contribution in [3.05, 3.63) is 57.1 Å². The van der Waals surface area contributed by atoms with Crippen molar-refractivity contribution in [3.63, 3.8) is 0 Å². The molecule has 20 heavy (non-hydrogen) atoms. The first-order valence-corrected chi connectivity index (χ1v) is 8.74. The Morgan fingerprint density at radius 1 is 1.20 bits per heavy atom. The van der Waals surface area contributed by atoms with E-state index in [9.17, 15) is 0 Å². The molecule has 3 heteroatoms. The topological polar surface area (TPSA) is 12.0 Å². The van der Waals surface area contributed by atoms with E-state index in [0.29, 0.717) is 6.04 Å². The largest absolute Gasteiger partial charge is 0.309 e. The Kier molecular flexibility index (Phi) is 4.20. The van der Waals surface area contributed by atoms with Crippen LogP contribution in [0.5, 0.6) is 0 Å². The zero-order chi connectivity index (χ0) is 13.9. The Bertz CT molecular complexity index is 682. The Morgan fingerprint density at radius 2 is 2.05 bits per heavy atom. The van der Waals surface area contributed by atoms with Crippen molar-refractivity contribution in [2.75, 3.05) is 6.54 Å². The third-order valence-electron chi connectivity index (χ3n) is 3.72. The van der Waals surface area contributed by atoms with Crippen molar-refractivity contribution in [2.24, 2.45) is 0 Å². The van der Waals surface area contributed by atoms with E-state index < -0.39 is 0 Å². The zero-order valence-electron chi connectivity index (χ0n) is 11.8. The number of nitrogens with one attached hydrogen (secondary N) is 1. The van der Waals surface area contributed by atoms with Gasteiger partial charge in [-0.25, -0.2) is 0 Å². The van der Waals surface area contributed by atoms with Gasteiger partial charge in [-0.1, -0.05) is 18.2 Å². The molecule has 0 saturated carbocycles. The molecule has 1 unspecified atom stereocenters. The summed E-state index contributed by atoms with van der Waals surface area (Å²) in [6.45, 7) is 5.54. The second-order valence-electron chi connectivity index (χ2n) is 5.14. The zero-order valence-corrected chi connectivity index (χ0v) is 13.5. The summed E-state index contributed by atoms with van der Waals surface area (Å²) in [6.07, 6.45) is 1.11. The third kappa shape index (κ3) is 2.80. The monoisotopic (exact) mass is 301 g/mol. The molecule has 1 nitrogen and oxygen atoms in total. The van der Waals surface area contributed by atoms with E-state index in [0.717, 1.165) is 13.0 Å². The number of fused-ring (bicyclic) bond motifs is 1. The molecular weight excluding hydrogens is 282 g/mol. The molecule has 1 aromatic carbocycles. The first-order chi connectivity index (χ1) is 9.75. The maximum absolute atomic E-state index is 3.65. The van der Waals surface area contributed by atoms with E-state index in [2.05, 4.69) is 60.3 Å². The van der Waals surface area contributed by atoms with Crippen LogP contribution in [0.3, 0.4) is 0 Å². The van der Waals surface area contributed by atoms with Crippen LogP contribution in [0.4, 0.5) is 0 Å². The van der Waals surface area contributed by atoms with Crippen molar-refractivity contribution in [1.82, 2.24) is 5.32 Å². The highest BCUT2D eigenvalue weighted by Crippen LogP contribution is 2.34. The lowest BCUT2D eigenvalue weighted by molar-refractivity contribution is 0.583. The molecular formula is C17H19NS2. The Labute approximate surface area is 128 Å². The Balaban J connectivity index is 1.69. The maximum Gasteiger partial charge on any atom is 0.0389 e. The predicted octanol–water partition coefficient (Wildman–Crippen LogP) is 5.16. The van der Waals surface area contributed by atoms with Crippen molar-refractivity contribution >= 4 is 32.8 Å². The molecule has 0 saturated heterocycles. The highest BCUT2D eigenvalue weighted by atomic mass is 32.1. The SMILES string of the molecule is Cc1c(C(C)NCCc2ccsc2)sc2ccccc12. The van der Waals surface area contributed by atoms with Gasteiger partial charge in [0.25, 0.3) is 0 Å². The molecule has 3 rings (SSSR count). The van der Waals surface area contributed by atoms with Gasteiger partial charge in [-0.3, -0.25) is 0 Å². The second kappa shape index (κ2) is 6.08. The molecule has 0 fully saturated rings. The summed E-state index contributed by atoms with van der Waals surface area (Å²) >= 11 is 3.69. The van der Waals surface area contributed by atoms with Crippen LogP contribution >= 0.6 is 22.7 Å². The average Bonchev–Trinajstić information content (AvgIpc) is 3.08. The summed E-state index contributed by atoms with van der Waals surface area (Å²) in [5, 5.41) is 9.44. The number of thiophene rings is 2. The van der Waals surface area contributed by atoms with Crippen LogP contribution in [0.2, 0.25) is 0 Å². The summed E-state index contributed by atoms with van der Waals surface area (Å²) in [7, 11) is 0. The molecule has 0 aliphatic carbocycles. The van der Waals surface area contributed by atoms with Gasteiger partial charge < -0.3 is 5.32 Å². The van der Waals surface area contributed by atoms with Gasteiger partial charge in [-0.05, 0) is 66.2 Å².